The third-order valence-corrected chi connectivity index (χ3v) is 3.97. The van der Waals surface area contributed by atoms with Gasteiger partial charge in [0, 0.05) is 25.7 Å². The van der Waals surface area contributed by atoms with E-state index in [1.165, 1.54) is 6.07 Å². The number of piperazine rings is 1. The van der Waals surface area contributed by atoms with Gasteiger partial charge in [0.25, 0.3) is 5.91 Å². The molecule has 0 bridgehead atoms. The summed E-state index contributed by atoms with van der Waals surface area (Å²) in [6, 6.07) is 5.11. The number of carbonyl (C=O) groups excluding carboxylic acids is 1. The number of methoxy groups -OCH3 is 1. The lowest BCUT2D eigenvalue weighted by molar-refractivity contribution is 0.0539. The molecule has 1 amide bonds. The van der Waals surface area contributed by atoms with E-state index in [0.29, 0.717) is 30.4 Å². The highest BCUT2D eigenvalue weighted by molar-refractivity contribution is 5.97. The Morgan fingerprint density at radius 2 is 2.20 bits per heavy atom. The standard InChI is InChI=1S/C15H22N2O3/c1-4-11-10-17(8-7-16(11)2)15(19)13-9-12(20-3)5-6-14(13)18/h5-6,9,11,18H,4,7-8,10H2,1-3H3. The summed E-state index contributed by atoms with van der Waals surface area (Å²) < 4.78 is 5.12. The lowest BCUT2D eigenvalue weighted by atomic mass is 10.1. The molecule has 20 heavy (non-hydrogen) atoms. The summed E-state index contributed by atoms with van der Waals surface area (Å²) in [7, 11) is 3.63. The summed E-state index contributed by atoms with van der Waals surface area (Å²) in [6.07, 6.45) is 1.00. The van der Waals surface area contributed by atoms with Crippen molar-refractivity contribution < 1.29 is 14.6 Å². The number of benzene rings is 1. The topological polar surface area (TPSA) is 53.0 Å². The largest absolute Gasteiger partial charge is 0.507 e. The number of phenols is 1. The van der Waals surface area contributed by atoms with Crippen LogP contribution in [0.4, 0.5) is 0 Å². The molecule has 0 saturated carbocycles. The highest BCUT2D eigenvalue weighted by atomic mass is 16.5. The second kappa shape index (κ2) is 6.13. The van der Waals surface area contributed by atoms with Gasteiger partial charge in [0.15, 0.2) is 0 Å². The van der Waals surface area contributed by atoms with E-state index < -0.39 is 0 Å². The average molecular weight is 278 g/mol. The molecule has 0 radical (unpaired) electrons. The minimum atomic E-state index is -0.132. The van der Waals surface area contributed by atoms with Gasteiger partial charge in [0.2, 0.25) is 0 Å². The van der Waals surface area contributed by atoms with E-state index in [-0.39, 0.29) is 11.7 Å². The number of carbonyl (C=O) groups is 1. The number of hydrogen-bond donors (Lipinski definition) is 1. The molecule has 1 saturated heterocycles. The molecule has 1 N–H and O–H groups in total. The number of rotatable bonds is 3. The van der Waals surface area contributed by atoms with Crippen LogP contribution in [0.3, 0.4) is 0 Å². The van der Waals surface area contributed by atoms with E-state index >= 15 is 0 Å². The van der Waals surface area contributed by atoms with Crippen LogP contribution in [0.15, 0.2) is 18.2 Å². The number of nitrogens with zero attached hydrogens (tertiary/aromatic N) is 2. The molecule has 1 aliphatic heterocycles. The van der Waals surface area contributed by atoms with E-state index in [4.69, 9.17) is 4.74 Å². The summed E-state index contributed by atoms with van der Waals surface area (Å²) in [6.45, 7) is 4.36. The Labute approximate surface area is 119 Å². The highest BCUT2D eigenvalue weighted by Gasteiger charge is 2.28. The predicted octanol–water partition coefficient (Wildman–Crippen LogP) is 1.57. The summed E-state index contributed by atoms with van der Waals surface area (Å²) >= 11 is 0. The van der Waals surface area contributed by atoms with Gasteiger partial charge in [-0.15, -0.1) is 0 Å². The molecular weight excluding hydrogens is 256 g/mol. The summed E-state index contributed by atoms with van der Waals surface area (Å²) in [5.74, 6) is 0.447. The summed E-state index contributed by atoms with van der Waals surface area (Å²) in [5, 5.41) is 9.89. The molecule has 5 nitrogen and oxygen atoms in total. The number of hydrogen-bond acceptors (Lipinski definition) is 4. The van der Waals surface area contributed by atoms with Crippen molar-refractivity contribution in [2.24, 2.45) is 0 Å². The zero-order valence-corrected chi connectivity index (χ0v) is 12.3. The number of ether oxygens (including phenoxy) is 1. The number of likely N-dealkylation sites (N-methyl/N-ethyl adjacent to an activating group) is 1. The highest BCUT2D eigenvalue weighted by Crippen LogP contribution is 2.25. The van der Waals surface area contributed by atoms with Crippen molar-refractivity contribution in [2.45, 2.75) is 19.4 Å². The van der Waals surface area contributed by atoms with Gasteiger partial charge in [0.1, 0.15) is 11.5 Å². The van der Waals surface area contributed by atoms with E-state index in [1.807, 2.05) is 4.90 Å². The van der Waals surface area contributed by atoms with Gasteiger partial charge in [-0.25, -0.2) is 0 Å². The predicted molar refractivity (Wildman–Crippen MR) is 77.3 cm³/mol. The van der Waals surface area contributed by atoms with Crippen molar-refractivity contribution in [1.82, 2.24) is 9.80 Å². The zero-order valence-electron chi connectivity index (χ0n) is 12.3. The first kappa shape index (κ1) is 14.7. The first-order chi connectivity index (χ1) is 9.56. The molecule has 0 spiro atoms. The SMILES string of the molecule is CCC1CN(C(=O)c2cc(OC)ccc2O)CCN1C. The van der Waals surface area contributed by atoms with Crippen LogP contribution < -0.4 is 4.74 Å². The van der Waals surface area contributed by atoms with E-state index in [9.17, 15) is 9.90 Å². The Balaban J connectivity index is 2.19. The van der Waals surface area contributed by atoms with Gasteiger partial charge in [-0.1, -0.05) is 6.92 Å². The van der Waals surface area contributed by atoms with Crippen LogP contribution in [0.25, 0.3) is 0 Å². The van der Waals surface area contributed by atoms with Crippen LogP contribution >= 0.6 is 0 Å². The fourth-order valence-corrected chi connectivity index (χ4v) is 2.56. The maximum atomic E-state index is 12.5. The first-order valence-corrected chi connectivity index (χ1v) is 6.93. The quantitative estimate of drug-likeness (QED) is 0.912. The van der Waals surface area contributed by atoms with Crippen LogP contribution in [-0.2, 0) is 0 Å². The molecule has 5 heteroatoms. The summed E-state index contributed by atoms with van der Waals surface area (Å²) in [4.78, 5) is 16.6. The number of phenolic OH excluding ortho intramolecular Hbond substituents is 1. The second-order valence-corrected chi connectivity index (χ2v) is 5.18. The number of aromatic hydroxyl groups is 1. The molecule has 0 aromatic heterocycles. The van der Waals surface area contributed by atoms with Gasteiger partial charge in [0.05, 0.1) is 12.7 Å². The lowest BCUT2D eigenvalue weighted by Gasteiger charge is -2.39. The average Bonchev–Trinajstić information content (AvgIpc) is 2.47. The minimum absolute atomic E-state index is 0.00257. The van der Waals surface area contributed by atoms with Crippen molar-refractivity contribution in [3.05, 3.63) is 23.8 Å². The van der Waals surface area contributed by atoms with Crippen molar-refractivity contribution in [3.8, 4) is 11.5 Å². The van der Waals surface area contributed by atoms with Crippen molar-refractivity contribution >= 4 is 5.91 Å². The third kappa shape index (κ3) is 2.88. The molecule has 1 fully saturated rings. The Bertz CT molecular complexity index is 490. The lowest BCUT2D eigenvalue weighted by Crippen LogP contribution is -2.52. The maximum absolute atomic E-state index is 12.5. The Kier molecular flexibility index (Phi) is 4.49. The van der Waals surface area contributed by atoms with E-state index in [0.717, 1.165) is 13.0 Å². The Morgan fingerprint density at radius 1 is 1.45 bits per heavy atom. The molecule has 1 heterocycles. The summed E-state index contributed by atoms with van der Waals surface area (Å²) in [5.41, 5.74) is 0.309. The molecule has 2 rings (SSSR count). The smallest absolute Gasteiger partial charge is 0.257 e. The number of amides is 1. The van der Waals surface area contributed by atoms with Gasteiger partial charge < -0.3 is 14.7 Å². The first-order valence-electron chi connectivity index (χ1n) is 6.93. The van der Waals surface area contributed by atoms with E-state index in [1.54, 1.807) is 19.2 Å². The van der Waals surface area contributed by atoms with Crippen LogP contribution in [0.1, 0.15) is 23.7 Å². The van der Waals surface area contributed by atoms with Gasteiger partial charge in [-0.3, -0.25) is 9.69 Å². The normalized spacial score (nSPS) is 19.9. The fraction of sp³-hybridized carbons (Fsp3) is 0.533. The minimum Gasteiger partial charge on any atom is -0.507 e. The molecule has 1 atom stereocenters. The van der Waals surface area contributed by atoms with Crippen molar-refractivity contribution in [2.75, 3.05) is 33.8 Å². The molecule has 1 aliphatic rings. The monoisotopic (exact) mass is 278 g/mol. The third-order valence-electron chi connectivity index (χ3n) is 3.97. The molecule has 1 aromatic rings. The van der Waals surface area contributed by atoms with Crippen LogP contribution in [0.5, 0.6) is 11.5 Å². The Hall–Kier alpha value is -1.75. The van der Waals surface area contributed by atoms with Crippen molar-refractivity contribution in [1.29, 1.82) is 0 Å². The van der Waals surface area contributed by atoms with Crippen LogP contribution in [0.2, 0.25) is 0 Å². The maximum Gasteiger partial charge on any atom is 0.257 e. The van der Waals surface area contributed by atoms with E-state index in [2.05, 4.69) is 18.9 Å². The zero-order chi connectivity index (χ0) is 14.7. The van der Waals surface area contributed by atoms with Crippen molar-refractivity contribution in [3.63, 3.8) is 0 Å². The van der Waals surface area contributed by atoms with Crippen LogP contribution in [-0.4, -0.2) is 60.6 Å². The Morgan fingerprint density at radius 3 is 2.85 bits per heavy atom. The molecule has 1 unspecified atom stereocenters. The molecule has 1 aromatic carbocycles. The molecular formula is C15H22N2O3. The van der Waals surface area contributed by atoms with Crippen LogP contribution in [0, 0.1) is 0 Å². The molecule has 0 aliphatic carbocycles. The molecule has 110 valence electrons. The second-order valence-electron chi connectivity index (χ2n) is 5.18. The van der Waals surface area contributed by atoms with Gasteiger partial charge in [-0.2, -0.15) is 0 Å². The fourth-order valence-electron chi connectivity index (χ4n) is 2.56. The van der Waals surface area contributed by atoms with Gasteiger partial charge in [-0.05, 0) is 31.7 Å². The van der Waals surface area contributed by atoms with Gasteiger partial charge >= 0.3 is 0 Å².